The third-order valence-electron chi connectivity index (χ3n) is 5.51. The van der Waals surface area contributed by atoms with Crippen molar-refractivity contribution < 1.29 is 8.42 Å². The van der Waals surface area contributed by atoms with Gasteiger partial charge in [-0.3, -0.25) is 0 Å². The van der Waals surface area contributed by atoms with Gasteiger partial charge in [0.15, 0.2) is 0 Å². The molecule has 1 aliphatic carbocycles. The SMILES string of the molecule is NS(=O)(=O)c1ccc2c(c1)[C@H]1C=CC[C@H]1[C@@H](c1cccc3ccsc13)N2. The van der Waals surface area contributed by atoms with E-state index in [4.69, 9.17) is 5.14 Å². The minimum Gasteiger partial charge on any atom is -0.378 e. The molecule has 6 heteroatoms. The zero-order valence-electron chi connectivity index (χ0n) is 13.9. The van der Waals surface area contributed by atoms with Gasteiger partial charge >= 0.3 is 0 Å². The summed E-state index contributed by atoms with van der Waals surface area (Å²) in [5.41, 5.74) is 3.33. The lowest BCUT2D eigenvalue weighted by atomic mass is 9.77. The Balaban J connectivity index is 1.65. The average molecular weight is 383 g/mol. The van der Waals surface area contributed by atoms with Crippen molar-refractivity contribution in [3.8, 4) is 0 Å². The molecular weight excluding hydrogens is 364 g/mol. The highest BCUT2D eigenvalue weighted by Gasteiger charge is 2.38. The molecule has 1 aliphatic heterocycles. The van der Waals surface area contributed by atoms with E-state index in [0.717, 1.165) is 17.7 Å². The van der Waals surface area contributed by atoms with Crippen LogP contribution in [0.2, 0.25) is 0 Å². The highest BCUT2D eigenvalue weighted by molar-refractivity contribution is 7.89. The van der Waals surface area contributed by atoms with Gasteiger partial charge in [0, 0.05) is 16.3 Å². The minimum atomic E-state index is -3.70. The molecule has 5 rings (SSSR count). The molecule has 0 saturated carbocycles. The van der Waals surface area contributed by atoms with Gasteiger partial charge in [-0.25, -0.2) is 13.6 Å². The first-order valence-corrected chi connectivity index (χ1v) is 11.0. The number of thiophene rings is 1. The van der Waals surface area contributed by atoms with Crippen molar-refractivity contribution in [3.05, 3.63) is 71.1 Å². The van der Waals surface area contributed by atoms with Crippen LogP contribution in [-0.4, -0.2) is 8.42 Å². The van der Waals surface area contributed by atoms with E-state index in [1.165, 1.54) is 15.6 Å². The van der Waals surface area contributed by atoms with Crippen molar-refractivity contribution in [2.45, 2.75) is 23.3 Å². The molecular formula is C20H18N2O2S2. The topological polar surface area (TPSA) is 72.2 Å². The summed E-state index contributed by atoms with van der Waals surface area (Å²) in [4.78, 5) is 0.177. The van der Waals surface area contributed by atoms with E-state index in [0.29, 0.717) is 5.92 Å². The van der Waals surface area contributed by atoms with Crippen LogP contribution in [0, 0.1) is 5.92 Å². The summed E-state index contributed by atoms with van der Waals surface area (Å²) in [6, 6.07) is 14.0. The molecule has 2 aliphatic rings. The second-order valence-electron chi connectivity index (χ2n) is 6.96. The molecule has 0 unspecified atom stereocenters. The fourth-order valence-electron chi connectivity index (χ4n) is 4.32. The van der Waals surface area contributed by atoms with Gasteiger partial charge in [0.25, 0.3) is 0 Å². The van der Waals surface area contributed by atoms with Crippen LogP contribution in [0.4, 0.5) is 5.69 Å². The summed E-state index contributed by atoms with van der Waals surface area (Å²) in [7, 11) is -3.70. The number of benzene rings is 2. The van der Waals surface area contributed by atoms with E-state index in [2.05, 4.69) is 47.1 Å². The Bertz CT molecular complexity index is 1150. The molecule has 0 spiro atoms. The molecule has 3 N–H and O–H groups in total. The van der Waals surface area contributed by atoms with Gasteiger partial charge in [-0.15, -0.1) is 11.3 Å². The van der Waals surface area contributed by atoms with Crippen molar-refractivity contribution in [1.82, 2.24) is 0 Å². The summed E-state index contributed by atoms with van der Waals surface area (Å²) >= 11 is 1.77. The Morgan fingerprint density at radius 3 is 2.85 bits per heavy atom. The maximum Gasteiger partial charge on any atom is 0.238 e. The number of anilines is 1. The monoisotopic (exact) mass is 382 g/mol. The third-order valence-corrected chi connectivity index (χ3v) is 7.40. The predicted molar refractivity (Wildman–Crippen MR) is 106 cm³/mol. The molecule has 2 heterocycles. The maximum absolute atomic E-state index is 11.8. The standard InChI is InChI=1S/C20H18N2O2S2/c21-26(23,24)13-7-8-18-17(11-13)14-4-2-5-15(14)19(22-18)16-6-1-3-12-9-10-25-20(12)16/h1-4,6-11,14-15,19,22H,5H2,(H2,21,23,24)/t14-,15+,19-/m0/s1. The molecule has 0 radical (unpaired) electrons. The van der Waals surface area contributed by atoms with Crippen LogP contribution in [0.15, 0.2) is 64.9 Å². The van der Waals surface area contributed by atoms with Gasteiger partial charge in [-0.05, 0) is 58.5 Å². The van der Waals surface area contributed by atoms with Gasteiger partial charge < -0.3 is 5.32 Å². The zero-order valence-corrected chi connectivity index (χ0v) is 15.6. The Hall–Kier alpha value is -2.15. The first kappa shape index (κ1) is 16.1. The average Bonchev–Trinajstić information content (AvgIpc) is 3.28. The Morgan fingerprint density at radius 2 is 2.00 bits per heavy atom. The van der Waals surface area contributed by atoms with E-state index in [1.807, 2.05) is 6.07 Å². The lowest BCUT2D eigenvalue weighted by molar-refractivity contribution is 0.427. The van der Waals surface area contributed by atoms with Crippen LogP contribution >= 0.6 is 11.3 Å². The molecule has 3 aromatic rings. The van der Waals surface area contributed by atoms with Crippen molar-refractivity contribution in [3.63, 3.8) is 0 Å². The van der Waals surface area contributed by atoms with E-state index < -0.39 is 10.0 Å². The summed E-state index contributed by atoms with van der Waals surface area (Å²) in [5, 5.41) is 12.4. The van der Waals surface area contributed by atoms with Gasteiger partial charge in [0.1, 0.15) is 0 Å². The first-order chi connectivity index (χ1) is 12.5. The maximum atomic E-state index is 11.8. The lowest BCUT2D eigenvalue weighted by Crippen LogP contribution is -2.29. The van der Waals surface area contributed by atoms with Crippen molar-refractivity contribution in [2.75, 3.05) is 5.32 Å². The Labute approximate surface area is 156 Å². The first-order valence-electron chi connectivity index (χ1n) is 8.58. The van der Waals surface area contributed by atoms with Crippen LogP contribution in [-0.2, 0) is 10.0 Å². The summed E-state index contributed by atoms with van der Waals surface area (Å²) in [6.45, 7) is 0. The Kier molecular flexibility index (Phi) is 3.50. The third kappa shape index (κ3) is 2.40. The second-order valence-corrected chi connectivity index (χ2v) is 9.43. The van der Waals surface area contributed by atoms with E-state index in [9.17, 15) is 8.42 Å². The van der Waals surface area contributed by atoms with E-state index >= 15 is 0 Å². The van der Waals surface area contributed by atoms with Crippen molar-refractivity contribution >= 4 is 37.1 Å². The molecule has 3 atom stereocenters. The summed E-state index contributed by atoms with van der Waals surface area (Å²) < 4.78 is 24.8. The number of nitrogens with two attached hydrogens (primary N) is 1. The van der Waals surface area contributed by atoms with E-state index in [-0.39, 0.29) is 16.9 Å². The number of sulfonamides is 1. The van der Waals surface area contributed by atoms with Crippen LogP contribution in [0.3, 0.4) is 0 Å². The molecule has 0 saturated heterocycles. The molecule has 26 heavy (non-hydrogen) atoms. The second kappa shape index (κ2) is 5.67. The summed E-state index contributed by atoms with van der Waals surface area (Å²) in [6.07, 6.45) is 5.39. The van der Waals surface area contributed by atoms with Gasteiger partial charge in [-0.1, -0.05) is 30.4 Å². The largest absolute Gasteiger partial charge is 0.378 e. The molecule has 4 nitrogen and oxygen atoms in total. The molecule has 0 fully saturated rings. The Morgan fingerprint density at radius 1 is 1.12 bits per heavy atom. The number of hydrogen-bond acceptors (Lipinski definition) is 4. The number of rotatable bonds is 2. The normalized spacial score (nSPS) is 24.3. The van der Waals surface area contributed by atoms with Crippen LogP contribution in [0.1, 0.15) is 29.5 Å². The fraction of sp³-hybridized carbons (Fsp3) is 0.200. The molecule has 132 valence electrons. The lowest BCUT2D eigenvalue weighted by Gasteiger charge is -2.38. The number of hydrogen-bond donors (Lipinski definition) is 2. The predicted octanol–water partition coefficient (Wildman–Crippen LogP) is 4.38. The number of allylic oxidation sites excluding steroid dienone is 2. The van der Waals surface area contributed by atoms with Crippen LogP contribution in [0.25, 0.3) is 10.1 Å². The molecule has 1 aromatic heterocycles. The number of nitrogens with one attached hydrogen (secondary N) is 1. The molecule has 0 bridgehead atoms. The van der Waals surface area contributed by atoms with Gasteiger partial charge in [0.05, 0.1) is 10.9 Å². The smallest absolute Gasteiger partial charge is 0.238 e. The van der Waals surface area contributed by atoms with Crippen LogP contribution in [0.5, 0.6) is 0 Å². The molecule has 0 amide bonds. The van der Waals surface area contributed by atoms with Gasteiger partial charge in [0.2, 0.25) is 10.0 Å². The fourth-order valence-corrected chi connectivity index (χ4v) is 5.82. The highest BCUT2D eigenvalue weighted by atomic mass is 32.2. The minimum absolute atomic E-state index is 0.177. The number of primary sulfonamides is 1. The van der Waals surface area contributed by atoms with Crippen molar-refractivity contribution in [1.29, 1.82) is 0 Å². The quantitative estimate of drug-likeness (QED) is 0.646. The van der Waals surface area contributed by atoms with Gasteiger partial charge in [-0.2, -0.15) is 0 Å². The van der Waals surface area contributed by atoms with Crippen molar-refractivity contribution in [2.24, 2.45) is 11.1 Å². The molecule has 2 aromatic carbocycles. The van der Waals surface area contributed by atoms with E-state index in [1.54, 1.807) is 23.5 Å². The summed E-state index contributed by atoms with van der Waals surface area (Å²) in [5.74, 6) is 0.569. The number of fused-ring (bicyclic) bond motifs is 4. The van der Waals surface area contributed by atoms with Crippen LogP contribution < -0.4 is 10.5 Å². The highest BCUT2D eigenvalue weighted by Crippen LogP contribution is 2.51. The zero-order chi connectivity index (χ0) is 17.9.